The van der Waals surface area contributed by atoms with Crippen molar-refractivity contribution in [3.8, 4) is 16.9 Å². The molecule has 0 aliphatic carbocycles. The van der Waals surface area contributed by atoms with Gasteiger partial charge in [-0.3, -0.25) is 4.79 Å². The minimum atomic E-state index is -0.263. The van der Waals surface area contributed by atoms with E-state index in [0.29, 0.717) is 5.56 Å². The van der Waals surface area contributed by atoms with Crippen molar-refractivity contribution in [2.75, 3.05) is 5.32 Å². The Morgan fingerprint density at radius 3 is 2.44 bits per heavy atom. The summed E-state index contributed by atoms with van der Waals surface area (Å²) in [5.41, 5.74) is 14.0. The highest BCUT2D eigenvalue weighted by molar-refractivity contribution is 7.14. The van der Waals surface area contributed by atoms with Crippen LogP contribution in [0.5, 0.6) is 0 Å². The first-order chi connectivity index (χ1) is 18.8. The number of aromatic nitrogens is 2. The number of thiazole rings is 1. The van der Waals surface area contributed by atoms with Crippen molar-refractivity contribution in [2.45, 2.75) is 34.6 Å². The summed E-state index contributed by atoms with van der Waals surface area (Å²) in [7, 11) is 0. The quantitative estimate of drug-likeness (QED) is 0.167. The number of carbonyl (C=O) groups is 1. The highest BCUT2D eigenvalue weighted by Gasteiger charge is 2.13. The van der Waals surface area contributed by atoms with Gasteiger partial charge in [-0.15, -0.1) is 11.3 Å². The van der Waals surface area contributed by atoms with E-state index in [9.17, 15) is 4.79 Å². The van der Waals surface area contributed by atoms with Gasteiger partial charge in [0.2, 0.25) is 0 Å². The van der Waals surface area contributed by atoms with Crippen molar-refractivity contribution in [3.05, 3.63) is 117 Å². The molecule has 0 spiro atoms. The Kier molecular flexibility index (Phi) is 7.43. The van der Waals surface area contributed by atoms with Gasteiger partial charge in [-0.25, -0.2) is 10.4 Å². The van der Waals surface area contributed by atoms with E-state index in [1.807, 2.05) is 29.6 Å². The number of nitrogens with one attached hydrogen (secondary N) is 2. The molecule has 0 saturated heterocycles. The highest BCUT2D eigenvalue weighted by Crippen LogP contribution is 2.28. The topological polar surface area (TPSA) is 71.3 Å². The summed E-state index contributed by atoms with van der Waals surface area (Å²) in [6.45, 7) is 10.5. The minimum absolute atomic E-state index is 0.263. The summed E-state index contributed by atoms with van der Waals surface area (Å²) in [6, 6.07) is 24.0. The van der Waals surface area contributed by atoms with Gasteiger partial charge in [0, 0.05) is 44.8 Å². The number of amides is 1. The summed E-state index contributed by atoms with van der Waals surface area (Å²) < 4.78 is 2.23. The van der Waals surface area contributed by atoms with Crippen LogP contribution in [0.4, 0.5) is 10.8 Å². The van der Waals surface area contributed by atoms with Gasteiger partial charge in [-0.2, -0.15) is 5.10 Å². The lowest BCUT2D eigenvalue weighted by atomic mass is 10.1. The first-order valence-corrected chi connectivity index (χ1v) is 13.7. The predicted octanol–water partition coefficient (Wildman–Crippen LogP) is 7.65. The molecule has 0 radical (unpaired) electrons. The van der Waals surface area contributed by atoms with Gasteiger partial charge in [-0.1, -0.05) is 42.0 Å². The maximum absolute atomic E-state index is 12.7. The summed E-state index contributed by atoms with van der Waals surface area (Å²) in [5.74, 6) is -0.263. The molecule has 5 rings (SSSR count). The zero-order chi connectivity index (χ0) is 27.5. The summed E-state index contributed by atoms with van der Waals surface area (Å²) in [5, 5.41) is 10.4. The lowest BCUT2D eigenvalue weighted by Gasteiger charge is -2.14. The van der Waals surface area contributed by atoms with Crippen LogP contribution in [-0.2, 0) is 0 Å². The normalized spacial score (nSPS) is 11.2. The first kappa shape index (κ1) is 26.1. The molecule has 0 bridgehead atoms. The molecule has 0 fully saturated rings. The Morgan fingerprint density at radius 2 is 1.69 bits per heavy atom. The molecule has 39 heavy (non-hydrogen) atoms. The van der Waals surface area contributed by atoms with Gasteiger partial charge in [-0.05, 0) is 82.1 Å². The summed E-state index contributed by atoms with van der Waals surface area (Å²) >= 11 is 1.54. The SMILES string of the molecule is Cc1ccc(Nc2nc(-c3ccc(C(=O)N/N=C\c4cc(C)n(-c5cccc(C)c5C)c4C)cc3)cs2)cc1. The van der Waals surface area contributed by atoms with E-state index >= 15 is 0 Å². The van der Waals surface area contributed by atoms with Gasteiger partial charge < -0.3 is 9.88 Å². The molecule has 0 atom stereocenters. The maximum atomic E-state index is 12.7. The lowest BCUT2D eigenvalue weighted by Crippen LogP contribution is -2.17. The Morgan fingerprint density at radius 1 is 0.949 bits per heavy atom. The molecule has 3 aromatic carbocycles. The van der Waals surface area contributed by atoms with E-state index in [1.165, 1.54) is 16.7 Å². The average Bonchev–Trinajstić information content (AvgIpc) is 3.51. The van der Waals surface area contributed by atoms with Crippen LogP contribution in [0.25, 0.3) is 16.9 Å². The fourth-order valence-electron chi connectivity index (χ4n) is 4.51. The van der Waals surface area contributed by atoms with E-state index in [0.717, 1.165) is 44.7 Å². The van der Waals surface area contributed by atoms with Gasteiger partial charge in [0.05, 0.1) is 11.9 Å². The van der Waals surface area contributed by atoms with Crippen LogP contribution in [0.1, 0.15) is 44.0 Å². The molecule has 2 N–H and O–H groups in total. The molecule has 0 saturated carbocycles. The predicted molar refractivity (Wildman–Crippen MR) is 162 cm³/mol. The molecule has 2 heterocycles. The lowest BCUT2D eigenvalue weighted by molar-refractivity contribution is 0.0955. The molecule has 6 nitrogen and oxygen atoms in total. The molecule has 1 amide bonds. The van der Waals surface area contributed by atoms with Crippen LogP contribution >= 0.6 is 11.3 Å². The van der Waals surface area contributed by atoms with Crippen LogP contribution < -0.4 is 10.7 Å². The second-order valence-electron chi connectivity index (χ2n) is 9.69. The second kappa shape index (κ2) is 11.1. The number of hydrogen-bond acceptors (Lipinski definition) is 5. The average molecular weight is 534 g/mol. The van der Waals surface area contributed by atoms with Gasteiger partial charge in [0.15, 0.2) is 5.13 Å². The zero-order valence-corrected chi connectivity index (χ0v) is 23.6. The third kappa shape index (κ3) is 5.68. The smallest absolute Gasteiger partial charge is 0.271 e. The Bertz CT molecular complexity index is 1660. The number of rotatable bonds is 7. The number of carbonyl (C=O) groups excluding carboxylic acids is 1. The van der Waals surface area contributed by atoms with Crippen molar-refractivity contribution in [1.82, 2.24) is 15.0 Å². The number of nitrogens with zero attached hydrogens (tertiary/aromatic N) is 3. The van der Waals surface area contributed by atoms with Crippen LogP contribution in [-0.4, -0.2) is 21.7 Å². The molecule has 5 aromatic rings. The summed E-state index contributed by atoms with van der Waals surface area (Å²) in [6.07, 6.45) is 1.70. The van der Waals surface area contributed by atoms with Gasteiger partial charge >= 0.3 is 0 Å². The standard InChI is InChI=1S/C32H31N5OS/c1-20-9-15-28(16-10-20)34-32-35-29(19-39-32)25-11-13-26(14-12-25)31(38)36-33-18-27-17-22(3)37(24(27)5)30-8-6-7-21(2)23(30)4/h6-19H,1-5H3,(H,34,35)(H,36,38)/b33-18-. The zero-order valence-electron chi connectivity index (χ0n) is 22.7. The van der Waals surface area contributed by atoms with Crippen molar-refractivity contribution in [2.24, 2.45) is 5.10 Å². The van der Waals surface area contributed by atoms with Crippen molar-refractivity contribution in [1.29, 1.82) is 0 Å². The van der Waals surface area contributed by atoms with E-state index in [1.54, 1.807) is 29.7 Å². The molecule has 7 heteroatoms. The molecule has 0 unspecified atom stereocenters. The third-order valence-corrected chi connectivity index (χ3v) is 7.66. The van der Waals surface area contributed by atoms with Crippen LogP contribution in [0.2, 0.25) is 0 Å². The van der Waals surface area contributed by atoms with Gasteiger partial charge in [0.25, 0.3) is 5.91 Å². The van der Waals surface area contributed by atoms with Crippen LogP contribution in [0.3, 0.4) is 0 Å². The van der Waals surface area contributed by atoms with Crippen molar-refractivity contribution < 1.29 is 4.79 Å². The first-order valence-electron chi connectivity index (χ1n) is 12.8. The molecular weight excluding hydrogens is 502 g/mol. The molecule has 0 aliphatic heterocycles. The van der Waals surface area contributed by atoms with E-state index in [4.69, 9.17) is 0 Å². The van der Waals surface area contributed by atoms with Crippen LogP contribution in [0.15, 0.2) is 83.3 Å². The van der Waals surface area contributed by atoms with Crippen molar-refractivity contribution in [3.63, 3.8) is 0 Å². The molecular formula is C32H31N5OS. The summed E-state index contributed by atoms with van der Waals surface area (Å²) in [4.78, 5) is 17.4. The molecule has 196 valence electrons. The van der Waals surface area contributed by atoms with E-state index in [-0.39, 0.29) is 5.91 Å². The van der Waals surface area contributed by atoms with Crippen LogP contribution in [0, 0.1) is 34.6 Å². The Balaban J connectivity index is 1.24. The fraction of sp³-hybridized carbons (Fsp3) is 0.156. The number of anilines is 2. The number of hydrazone groups is 1. The highest BCUT2D eigenvalue weighted by atomic mass is 32.1. The third-order valence-electron chi connectivity index (χ3n) is 6.91. The second-order valence-corrected chi connectivity index (χ2v) is 10.5. The Labute approximate surface area is 233 Å². The number of hydrogen-bond donors (Lipinski definition) is 2. The van der Waals surface area contributed by atoms with E-state index in [2.05, 4.69) is 96.4 Å². The number of aryl methyl sites for hydroxylation is 3. The number of benzene rings is 3. The minimum Gasteiger partial charge on any atom is -0.332 e. The van der Waals surface area contributed by atoms with Gasteiger partial charge in [0.1, 0.15) is 0 Å². The van der Waals surface area contributed by atoms with E-state index < -0.39 is 0 Å². The Hall–Kier alpha value is -4.49. The molecule has 0 aliphatic rings. The molecule has 2 aromatic heterocycles. The largest absolute Gasteiger partial charge is 0.332 e. The monoisotopic (exact) mass is 533 g/mol. The maximum Gasteiger partial charge on any atom is 0.271 e. The van der Waals surface area contributed by atoms with Crippen molar-refractivity contribution >= 4 is 34.3 Å². The fourth-order valence-corrected chi connectivity index (χ4v) is 5.25.